The van der Waals surface area contributed by atoms with Crippen LogP contribution in [0.4, 0.5) is 5.69 Å². The van der Waals surface area contributed by atoms with Gasteiger partial charge in [0.1, 0.15) is 6.54 Å². The van der Waals surface area contributed by atoms with Crippen LogP contribution >= 0.6 is 11.8 Å². The van der Waals surface area contributed by atoms with Gasteiger partial charge < -0.3 is 14.7 Å². The van der Waals surface area contributed by atoms with E-state index in [2.05, 4.69) is 4.90 Å². The van der Waals surface area contributed by atoms with E-state index < -0.39 is 10.0 Å². The molecule has 29 heavy (non-hydrogen) atoms. The standard InChI is InChI=1S/C19H26N4O4S2/c1-20-8-10-21(11-9-20)18(24)13-23-16-12-15(4-5-17(16)28-14-19(23)25)29(26,27)22-6-2-3-7-22/h4-5,12H,2-3,6-11,13-14H2,1H3. The van der Waals surface area contributed by atoms with Gasteiger partial charge in [0.25, 0.3) is 0 Å². The molecule has 0 saturated carbocycles. The summed E-state index contributed by atoms with van der Waals surface area (Å²) in [5.74, 6) is -0.0147. The molecule has 2 fully saturated rings. The van der Waals surface area contributed by atoms with E-state index in [4.69, 9.17) is 0 Å². The number of anilines is 1. The number of piperazine rings is 1. The summed E-state index contributed by atoms with van der Waals surface area (Å²) in [6, 6.07) is 4.92. The molecule has 0 spiro atoms. The van der Waals surface area contributed by atoms with Crippen molar-refractivity contribution in [3.8, 4) is 0 Å². The Labute approximate surface area is 175 Å². The quantitative estimate of drug-likeness (QED) is 0.688. The highest BCUT2D eigenvalue weighted by Crippen LogP contribution is 2.37. The van der Waals surface area contributed by atoms with Gasteiger partial charge in [0.05, 0.1) is 16.3 Å². The molecule has 0 bridgehead atoms. The first-order chi connectivity index (χ1) is 13.9. The second-order valence-corrected chi connectivity index (χ2v) is 10.6. The lowest BCUT2D eigenvalue weighted by Crippen LogP contribution is -2.51. The van der Waals surface area contributed by atoms with Crippen molar-refractivity contribution < 1.29 is 18.0 Å². The molecule has 3 heterocycles. The Bertz CT molecular complexity index is 907. The normalized spacial score (nSPS) is 21.5. The molecule has 0 radical (unpaired) electrons. The predicted molar refractivity (Wildman–Crippen MR) is 112 cm³/mol. The van der Waals surface area contributed by atoms with E-state index in [0.29, 0.717) is 31.9 Å². The number of carbonyl (C=O) groups is 2. The van der Waals surface area contributed by atoms with Crippen LogP contribution < -0.4 is 4.90 Å². The Kier molecular flexibility index (Phi) is 5.87. The van der Waals surface area contributed by atoms with Crippen molar-refractivity contribution in [3.05, 3.63) is 18.2 Å². The van der Waals surface area contributed by atoms with E-state index >= 15 is 0 Å². The van der Waals surface area contributed by atoms with E-state index in [0.717, 1.165) is 30.8 Å². The average Bonchev–Trinajstić information content (AvgIpc) is 3.26. The largest absolute Gasteiger partial charge is 0.339 e. The van der Waals surface area contributed by atoms with E-state index in [1.807, 2.05) is 7.05 Å². The van der Waals surface area contributed by atoms with Crippen molar-refractivity contribution in [1.29, 1.82) is 0 Å². The topological polar surface area (TPSA) is 81.2 Å². The highest BCUT2D eigenvalue weighted by molar-refractivity contribution is 8.00. The third-order valence-corrected chi connectivity index (χ3v) is 8.67. The van der Waals surface area contributed by atoms with Crippen LogP contribution in [0.15, 0.2) is 28.0 Å². The van der Waals surface area contributed by atoms with Gasteiger partial charge in [-0.15, -0.1) is 11.8 Å². The Morgan fingerprint density at radius 1 is 1.07 bits per heavy atom. The molecule has 0 aromatic heterocycles. The van der Waals surface area contributed by atoms with Crippen molar-refractivity contribution in [1.82, 2.24) is 14.1 Å². The molecule has 1 aromatic carbocycles. The number of amides is 2. The van der Waals surface area contributed by atoms with Crippen LogP contribution in [0.3, 0.4) is 0 Å². The molecule has 158 valence electrons. The fraction of sp³-hybridized carbons (Fsp3) is 0.579. The van der Waals surface area contributed by atoms with Crippen LogP contribution in [0.5, 0.6) is 0 Å². The summed E-state index contributed by atoms with van der Waals surface area (Å²) in [7, 11) is -1.56. The molecule has 10 heteroatoms. The van der Waals surface area contributed by atoms with E-state index in [9.17, 15) is 18.0 Å². The molecular weight excluding hydrogens is 412 g/mol. The molecule has 3 aliphatic heterocycles. The second-order valence-electron chi connectivity index (χ2n) is 7.69. The number of likely N-dealkylation sites (N-methyl/N-ethyl adjacent to an activating group) is 1. The van der Waals surface area contributed by atoms with Gasteiger partial charge in [-0.3, -0.25) is 9.59 Å². The van der Waals surface area contributed by atoms with Gasteiger partial charge in [0, 0.05) is 44.2 Å². The fourth-order valence-corrected chi connectivity index (χ4v) is 6.34. The van der Waals surface area contributed by atoms with Gasteiger partial charge in [0.15, 0.2) is 0 Å². The minimum Gasteiger partial charge on any atom is -0.339 e. The summed E-state index contributed by atoms with van der Waals surface area (Å²) in [5.41, 5.74) is 0.522. The highest BCUT2D eigenvalue weighted by Gasteiger charge is 2.32. The molecule has 0 N–H and O–H groups in total. The molecule has 0 aliphatic carbocycles. The minimum atomic E-state index is -3.58. The number of hydrogen-bond donors (Lipinski definition) is 0. The molecule has 2 amide bonds. The summed E-state index contributed by atoms with van der Waals surface area (Å²) in [5, 5.41) is 0. The first-order valence-electron chi connectivity index (χ1n) is 9.90. The number of thioether (sulfide) groups is 1. The molecule has 3 aliphatic rings. The van der Waals surface area contributed by atoms with E-state index in [-0.39, 0.29) is 29.0 Å². The number of carbonyl (C=O) groups excluding carboxylic acids is 2. The minimum absolute atomic E-state index is 0.0523. The summed E-state index contributed by atoms with van der Waals surface area (Å²) in [6.45, 7) is 3.90. The lowest BCUT2D eigenvalue weighted by molar-refractivity contribution is -0.132. The van der Waals surface area contributed by atoms with Gasteiger partial charge in [-0.1, -0.05) is 0 Å². The summed E-state index contributed by atoms with van der Waals surface area (Å²) < 4.78 is 27.4. The molecule has 1 aromatic rings. The van der Waals surface area contributed by atoms with Crippen LogP contribution in [0.1, 0.15) is 12.8 Å². The highest BCUT2D eigenvalue weighted by atomic mass is 32.2. The first kappa shape index (κ1) is 20.6. The number of rotatable bonds is 4. The maximum atomic E-state index is 12.9. The van der Waals surface area contributed by atoms with Gasteiger partial charge in [-0.2, -0.15) is 4.31 Å². The van der Waals surface area contributed by atoms with Crippen LogP contribution in [-0.2, 0) is 19.6 Å². The van der Waals surface area contributed by atoms with Crippen LogP contribution in [0.25, 0.3) is 0 Å². The summed E-state index contributed by atoms with van der Waals surface area (Å²) >= 11 is 1.38. The number of sulfonamides is 1. The SMILES string of the molecule is CN1CCN(C(=O)CN2C(=O)CSc3ccc(S(=O)(=O)N4CCCC4)cc32)CC1. The Morgan fingerprint density at radius 3 is 2.45 bits per heavy atom. The van der Waals surface area contributed by atoms with Crippen LogP contribution in [-0.4, -0.2) is 93.0 Å². The van der Waals surface area contributed by atoms with E-state index in [1.54, 1.807) is 23.1 Å². The van der Waals surface area contributed by atoms with Gasteiger partial charge >= 0.3 is 0 Å². The Balaban J connectivity index is 1.59. The molecular formula is C19H26N4O4S2. The maximum absolute atomic E-state index is 12.9. The zero-order valence-corrected chi connectivity index (χ0v) is 18.2. The van der Waals surface area contributed by atoms with Gasteiger partial charge in [-0.05, 0) is 38.1 Å². The van der Waals surface area contributed by atoms with Crippen molar-refractivity contribution in [2.45, 2.75) is 22.6 Å². The second kappa shape index (κ2) is 8.25. The fourth-order valence-electron chi connectivity index (χ4n) is 3.88. The maximum Gasteiger partial charge on any atom is 0.243 e. The molecule has 0 unspecified atom stereocenters. The van der Waals surface area contributed by atoms with Crippen LogP contribution in [0.2, 0.25) is 0 Å². The molecule has 0 atom stereocenters. The van der Waals surface area contributed by atoms with Crippen molar-refractivity contribution in [3.63, 3.8) is 0 Å². The summed E-state index contributed by atoms with van der Waals surface area (Å²) in [6.07, 6.45) is 1.73. The van der Waals surface area contributed by atoms with Gasteiger partial charge in [0.2, 0.25) is 21.8 Å². The first-order valence-corrected chi connectivity index (χ1v) is 12.3. The molecule has 2 saturated heterocycles. The smallest absolute Gasteiger partial charge is 0.243 e. The lowest BCUT2D eigenvalue weighted by atomic mass is 10.2. The average molecular weight is 439 g/mol. The molecule has 8 nitrogen and oxygen atoms in total. The third kappa shape index (κ3) is 4.16. The lowest BCUT2D eigenvalue weighted by Gasteiger charge is -2.35. The van der Waals surface area contributed by atoms with Crippen molar-refractivity contribution in [2.75, 3.05) is 63.5 Å². The number of benzene rings is 1. The van der Waals surface area contributed by atoms with E-state index in [1.165, 1.54) is 21.0 Å². The number of hydrogen-bond acceptors (Lipinski definition) is 6. The molecule has 4 rings (SSSR count). The van der Waals surface area contributed by atoms with Crippen LogP contribution in [0, 0.1) is 0 Å². The zero-order valence-electron chi connectivity index (χ0n) is 16.5. The zero-order chi connectivity index (χ0) is 20.6. The monoisotopic (exact) mass is 438 g/mol. The van der Waals surface area contributed by atoms with Crippen molar-refractivity contribution >= 4 is 39.3 Å². The Morgan fingerprint density at radius 2 is 1.76 bits per heavy atom. The summed E-state index contributed by atoms with van der Waals surface area (Å²) in [4.78, 5) is 31.8. The number of nitrogens with zero attached hydrogens (tertiary/aromatic N) is 4. The predicted octanol–water partition coefficient (Wildman–Crippen LogP) is 0.684. The number of fused-ring (bicyclic) bond motifs is 1. The van der Waals surface area contributed by atoms with Gasteiger partial charge in [-0.25, -0.2) is 8.42 Å². The third-order valence-electron chi connectivity index (χ3n) is 5.73. The Hall–Kier alpha value is -1.62. The van der Waals surface area contributed by atoms with Crippen molar-refractivity contribution in [2.24, 2.45) is 0 Å².